The summed E-state index contributed by atoms with van der Waals surface area (Å²) in [6.45, 7) is 6.37. The normalized spacial score (nSPS) is 14.2. The van der Waals surface area contributed by atoms with Crippen LogP contribution in [0.2, 0.25) is 0 Å². The van der Waals surface area contributed by atoms with Crippen molar-refractivity contribution in [2.24, 2.45) is 0 Å². The van der Waals surface area contributed by atoms with E-state index in [1.165, 1.54) is 23.0 Å². The van der Waals surface area contributed by atoms with Crippen molar-refractivity contribution < 1.29 is 24.2 Å². The summed E-state index contributed by atoms with van der Waals surface area (Å²) in [5.74, 6) is -0.595. The molecule has 1 aromatic heterocycles. The van der Waals surface area contributed by atoms with Gasteiger partial charge in [-0.05, 0) is 36.8 Å². The Morgan fingerprint density at radius 1 is 1.15 bits per heavy atom. The number of ketones is 1. The van der Waals surface area contributed by atoms with E-state index in [2.05, 4.69) is 10.00 Å². The topological polar surface area (TPSA) is 120 Å². The number of nitrogen functional groups attached to an aromatic ring is 1. The van der Waals surface area contributed by atoms with Gasteiger partial charge in [-0.25, -0.2) is 9.48 Å². The van der Waals surface area contributed by atoms with Crippen LogP contribution in [0.4, 0.5) is 5.82 Å². The van der Waals surface area contributed by atoms with Crippen LogP contribution in [-0.4, -0.2) is 71.0 Å². The Bertz CT molecular complexity index is 1170. The van der Waals surface area contributed by atoms with Crippen molar-refractivity contribution in [3.63, 3.8) is 0 Å². The summed E-state index contributed by atoms with van der Waals surface area (Å²) in [6.07, 6.45) is 1.40. The van der Waals surface area contributed by atoms with Gasteiger partial charge in [0.1, 0.15) is 18.2 Å². The lowest BCUT2D eigenvalue weighted by Crippen LogP contribution is -2.38. The zero-order valence-corrected chi connectivity index (χ0v) is 18.4. The van der Waals surface area contributed by atoms with Gasteiger partial charge in [-0.3, -0.25) is 9.69 Å². The molecule has 0 unspecified atom stereocenters. The minimum Gasteiger partial charge on any atom is -0.492 e. The highest BCUT2D eigenvalue weighted by Gasteiger charge is 2.20. The van der Waals surface area contributed by atoms with Crippen molar-refractivity contribution >= 4 is 17.6 Å². The second kappa shape index (κ2) is 9.85. The number of nitrogens with zero attached hydrogens (tertiary/aromatic N) is 3. The number of aromatic nitrogens is 2. The number of aryl methyl sites for hydroxylation is 1. The van der Waals surface area contributed by atoms with Crippen molar-refractivity contribution in [1.82, 2.24) is 14.7 Å². The van der Waals surface area contributed by atoms with Crippen LogP contribution in [0.25, 0.3) is 5.69 Å². The molecule has 3 N–H and O–H groups in total. The number of carbonyl (C=O) groups is 2. The summed E-state index contributed by atoms with van der Waals surface area (Å²) < 4.78 is 12.6. The number of aromatic carboxylic acids is 1. The average Bonchev–Trinajstić information content (AvgIpc) is 3.20. The molecule has 0 spiro atoms. The Kier molecular flexibility index (Phi) is 6.71. The lowest BCUT2D eigenvalue weighted by Gasteiger charge is -2.26. The first kappa shape index (κ1) is 22.5. The second-order valence-electron chi connectivity index (χ2n) is 7.82. The van der Waals surface area contributed by atoms with Gasteiger partial charge in [0.15, 0.2) is 5.78 Å². The van der Waals surface area contributed by atoms with Gasteiger partial charge >= 0.3 is 5.97 Å². The number of hydrogen-bond acceptors (Lipinski definition) is 7. The first-order valence-corrected chi connectivity index (χ1v) is 10.7. The molecular formula is C24H26N4O5. The van der Waals surface area contributed by atoms with E-state index >= 15 is 0 Å². The van der Waals surface area contributed by atoms with E-state index in [0.717, 1.165) is 38.4 Å². The Morgan fingerprint density at radius 2 is 1.94 bits per heavy atom. The Labute approximate surface area is 191 Å². The van der Waals surface area contributed by atoms with Crippen LogP contribution in [-0.2, 0) is 4.74 Å². The minimum absolute atomic E-state index is 0.111. The lowest BCUT2D eigenvalue weighted by molar-refractivity contribution is 0.0322. The first-order valence-electron chi connectivity index (χ1n) is 10.7. The van der Waals surface area contributed by atoms with Crippen LogP contribution in [0, 0.1) is 6.92 Å². The zero-order chi connectivity index (χ0) is 23.4. The summed E-state index contributed by atoms with van der Waals surface area (Å²) in [4.78, 5) is 26.8. The third-order valence-electron chi connectivity index (χ3n) is 5.61. The van der Waals surface area contributed by atoms with Gasteiger partial charge in [0.25, 0.3) is 0 Å². The molecule has 33 heavy (non-hydrogen) atoms. The number of morpholine rings is 1. The van der Waals surface area contributed by atoms with Gasteiger partial charge in [-0.15, -0.1) is 0 Å². The quantitative estimate of drug-likeness (QED) is 0.502. The molecule has 0 aliphatic carbocycles. The molecule has 0 saturated carbocycles. The highest BCUT2D eigenvalue weighted by Crippen LogP contribution is 2.24. The van der Waals surface area contributed by atoms with Crippen molar-refractivity contribution in [1.29, 1.82) is 0 Å². The molecule has 1 aliphatic rings. The third-order valence-corrected chi connectivity index (χ3v) is 5.61. The molecule has 0 radical (unpaired) electrons. The molecule has 9 nitrogen and oxygen atoms in total. The number of anilines is 1. The predicted molar refractivity (Wildman–Crippen MR) is 122 cm³/mol. The molecular weight excluding hydrogens is 424 g/mol. The van der Waals surface area contributed by atoms with Crippen molar-refractivity contribution in [2.75, 3.05) is 45.2 Å². The van der Waals surface area contributed by atoms with Gasteiger partial charge in [-0.2, -0.15) is 5.10 Å². The van der Waals surface area contributed by atoms with E-state index in [0.29, 0.717) is 23.6 Å². The number of rotatable bonds is 8. The molecule has 0 bridgehead atoms. The molecule has 172 valence electrons. The van der Waals surface area contributed by atoms with Gasteiger partial charge in [0, 0.05) is 25.2 Å². The first-order chi connectivity index (χ1) is 15.9. The highest BCUT2D eigenvalue weighted by molar-refractivity contribution is 6.11. The van der Waals surface area contributed by atoms with Crippen molar-refractivity contribution in [3.8, 4) is 11.4 Å². The molecule has 0 atom stereocenters. The summed E-state index contributed by atoms with van der Waals surface area (Å²) in [5.41, 5.74) is 8.32. The maximum Gasteiger partial charge on any atom is 0.335 e. The molecule has 2 aromatic carbocycles. The van der Waals surface area contributed by atoms with Gasteiger partial charge in [-0.1, -0.05) is 18.2 Å². The minimum atomic E-state index is -1.05. The van der Waals surface area contributed by atoms with Crippen LogP contribution in [0.15, 0.2) is 48.7 Å². The molecule has 1 aliphatic heterocycles. The molecule has 0 amide bonds. The van der Waals surface area contributed by atoms with E-state index < -0.39 is 5.97 Å². The highest BCUT2D eigenvalue weighted by atomic mass is 16.5. The van der Waals surface area contributed by atoms with Gasteiger partial charge in [0.05, 0.1) is 36.2 Å². The number of hydrogen-bond donors (Lipinski definition) is 2. The molecule has 1 saturated heterocycles. The monoisotopic (exact) mass is 450 g/mol. The summed E-state index contributed by atoms with van der Waals surface area (Å²) >= 11 is 0. The van der Waals surface area contributed by atoms with Crippen LogP contribution in [0.1, 0.15) is 31.8 Å². The smallest absolute Gasteiger partial charge is 0.335 e. The number of nitrogens with two attached hydrogens (primary N) is 1. The fourth-order valence-electron chi connectivity index (χ4n) is 3.70. The predicted octanol–water partition coefficient (Wildman–Crippen LogP) is 2.40. The number of carbonyl (C=O) groups excluding carboxylic acids is 1. The van der Waals surface area contributed by atoms with Crippen LogP contribution in [0.5, 0.6) is 5.75 Å². The van der Waals surface area contributed by atoms with Gasteiger partial charge in [0.2, 0.25) is 0 Å². The number of carboxylic acid groups (broad SMARTS) is 1. The molecule has 4 rings (SSSR count). The molecule has 2 heterocycles. The molecule has 1 fully saturated rings. The standard InChI is InChI=1S/C24H26N4O5/c1-16-5-6-18(24(30)31)14-21(16)28-23(25)20(15-26-28)22(29)17-3-2-4-19(13-17)33-12-9-27-7-10-32-11-8-27/h2-6,13-15H,7-12,25H2,1H3,(H,30,31). The summed E-state index contributed by atoms with van der Waals surface area (Å²) in [5, 5.41) is 13.5. The number of ether oxygens (including phenoxy) is 2. The number of benzene rings is 2. The SMILES string of the molecule is Cc1ccc(C(=O)O)cc1-n1ncc(C(=O)c2cccc(OCCN3CCOCC3)c2)c1N. The zero-order valence-electron chi connectivity index (χ0n) is 18.4. The molecule has 9 heteroatoms. The van der Waals surface area contributed by atoms with E-state index in [1.54, 1.807) is 24.3 Å². The number of carboxylic acids is 1. The van der Waals surface area contributed by atoms with E-state index in [-0.39, 0.29) is 22.7 Å². The fraction of sp³-hybridized carbons (Fsp3) is 0.292. The van der Waals surface area contributed by atoms with Crippen molar-refractivity contribution in [3.05, 3.63) is 70.9 Å². The largest absolute Gasteiger partial charge is 0.492 e. The van der Waals surface area contributed by atoms with Crippen LogP contribution >= 0.6 is 0 Å². The maximum atomic E-state index is 13.1. The fourth-order valence-corrected chi connectivity index (χ4v) is 3.70. The lowest BCUT2D eigenvalue weighted by atomic mass is 10.1. The van der Waals surface area contributed by atoms with E-state index in [1.807, 2.05) is 13.0 Å². The summed E-state index contributed by atoms with van der Waals surface area (Å²) in [7, 11) is 0. The Balaban J connectivity index is 1.50. The Hall–Kier alpha value is -3.69. The summed E-state index contributed by atoms with van der Waals surface area (Å²) in [6, 6.07) is 11.6. The Morgan fingerprint density at radius 3 is 2.70 bits per heavy atom. The van der Waals surface area contributed by atoms with Crippen LogP contribution in [0.3, 0.4) is 0 Å². The average molecular weight is 450 g/mol. The van der Waals surface area contributed by atoms with Crippen LogP contribution < -0.4 is 10.5 Å². The van der Waals surface area contributed by atoms with Gasteiger partial charge < -0.3 is 20.3 Å². The second-order valence-corrected chi connectivity index (χ2v) is 7.82. The van der Waals surface area contributed by atoms with Crippen molar-refractivity contribution in [2.45, 2.75) is 6.92 Å². The van der Waals surface area contributed by atoms with E-state index in [4.69, 9.17) is 15.2 Å². The maximum absolute atomic E-state index is 13.1. The third kappa shape index (κ3) is 5.05. The molecule has 3 aromatic rings. The van der Waals surface area contributed by atoms with E-state index in [9.17, 15) is 14.7 Å².